The van der Waals surface area contributed by atoms with E-state index in [1.165, 1.54) is 0 Å². The highest BCUT2D eigenvalue weighted by Gasteiger charge is 2.50. The molecule has 1 saturated carbocycles. The Kier molecular flexibility index (Phi) is 5.75. The van der Waals surface area contributed by atoms with E-state index in [-0.39, 0.29) is 23.8 Å². The van der Waals surface area contributed by atoms with Gasteiger partial charge in [0.2, 0.25) is 5.95 Å². The van der Waals surface area contributed by atoms with Crippen molar-refractivity contribution in [3.63, 3.8) is 0 Å². The van der Waals surface area contributed by atoms with Gasteiger partial charge in [0.15, 0.2) is 11.5 Å². The summed E-state index contributed by atoms with van der Waals surface area (Å²) in [6, 6.07) is 8.40. The number of carbonyl (C=O) groups excluding carboxylic acids is 2. The molecule has 4 N–H and O–H groups in total. The van der Waals surface area contributed by atoms with E-state index in [1.54, 1.807) is 4.90 Å². The highest BCUT2D eigenvalue weighted by atomic mass is 16.2. The van der Waals surface area contributed by atoms with Gasteiger partial charge in [0, 0.05) is 64.2 Å². The van der Waals surface area contributed by atoms with Crippen LogP contribution in [0.3, 0.4) is 0 Å². The Balaban J connectivity index is 1.23. The molecule has 4 fully saturated rings. The summed E-state index contributed by atoms with van der Waals surface area (Å²) < 4.78 is 0. The van der Waals surface area contributed by atoms with Gasteiger partial charge in [0.1, 0.15) is 0 Å². The molecule has 1 aromatic carbocycles. The van der Waals surface area contributed by atoms with Crippen molar-refractivity contribution >= 4 is 35.1 Å². The second-order valence-corrected chi connectivity index (χ2v) is 10.1. The summed E-state index contributed by atoms with van der Waals surface area (Å²) >= 11 is 0. The molecule has 0 spiro atoms. The van der Waals surface area contributed by atoms with Gasteiger partial charge in [-0.05, 0) is 43.0 Å². The van der Waals surface area contributed by atoms with Gasteiger partial charge in [-0.25, -0.2) is 4.79 Å². The number of nitrogens with one attached hydrogen (secondary N) is 2. The molecular formula is C24H32N10O2. The molecule has 2 bridgehead atoms. The average Bonchev–Trinajstić information content (AvgIpc) is 3.60. The first-order valence-corrected chi connectivity index (χ1v) is 12.6. The minimum atomic E-state index is -0.687. The third-order valence-corrected chi connectivity index (χ3v) is 7.88. The largest absolute Gasteiger partial charge is 0.369 e. The van der Waals surface area contributed by atoms with E-state index in [9.17, 15) is 9.59 Å². The van der Waals surface area contributed by atoms with Crippen molar-refractivity contribution in [2.24, 2.45) is 11.7 Å². The van der Waals surface area contributed by atoms with Crippen LogP contribution in [-0.4, -0.2) is 102 Å². The van der Waals surface area contributed by atoms with Gasteiger partial charge >= 0.3 is 6.03 Å². The van der Waals surface area contributed by atoms with E-state index in [2.05, 4.69) is 42.8 Å². The molecule has 4 aliphatic rings. The quantitative estimate of drug-likeness (QED) is 0.525. The number of urea groups is 1. The minimum absolute atomic E-state index is 0.00202. The van der Waals surface area contributed by atoms with Gasteiger partial charge in [-0.15, -0.1) is 10.2 Å². The fourth-order valence-corrected chi connectivity index (χ4v) is 6.04. The molecule has 2 aromatic rings. The number of nitrogens with zero attached hydrogens (tertiary/aromatic N) is 7. The lowest BCUT2D eigenvalue weighted by Gasteiger charge is -2.37. The van der Waals surface area contributed by atoms with Gasteiger partial charge in [0.05, 0.1) is 12.1 Å². The molecule has 0 radical (unpaired) electrons. The first-order valence-electron chi connectivity index (χ1n) is 12.6. The monoisotopic (exact) mass is 492 g/mol. The molecule has 36 heavy (non-hydrogen) atoms. The van der Waals surface area contributed by atoms with E-state index in [0.717, 1.165) is 70.0 Å². The molecule has 6 rings (SSSR count). The maximum atomic E-state index is 12.6. The van der Waals surface area contributed by atoms with Crippen LogP contribution in [0.25, 0.3) is 0 Å². The number of carbonyl (C=O) groups is 2. The Morgan fingerprint density at radius 3 is 2.39 bits per heavy atom. The van der Waals surface area contributed by atoms with Crippen molar-refractivity contribution < 1.29 is 9.59 Å². The van der Waals surface area contributed by atoms with E-state index < -0.39 is 5.91 Å². The Bertz CT molecular complexity index is 1150. The normalized spacial score (nSPS) is 25.7. The number of fused-ring (bicyclic) bond motifs is 2. The maximum Gasteiger partial charge on any atom is 0.320 e. The van der Waals surface area contributed by atoms with Crippen LogP contribution in [0.15, 0.2) is 24.3 Å². The van der Waals surface area contributed by atoms with Gasteiger partial charge in [-0.3, -0.25) is 4.79 Å². The van der Waals surface area contributed by atoms with Crippen LogP contribution < -0.4 is 26.2 Å². The predicted molar refractivity (Wildman–Crippen MR) is 136 cm³/mol. The van der Waals surface area contributed by atoms with Crippen LogP contribution in [0.1, 0.15) is 23.3 Å². The summed E-state index contributed by atoms with van der Waals surface area (Å²) in [5, 5.41) is 15.0. The molecule has 1 aliphatic carbocycles. The molecule has 1 aromatic heterocycles. The number of benzene rings is 1. The van der Waals surface area contributed by atoms with Crippen LogP contribution in [0.4, 0.5) is 27.9 Å². The standard InChI is InChI=1S/C24H32N10O2/c1-31-10-11-33(24(31)36)18-12-15-13-19(18)34(14-15)23-28-22(20(21(25)35)29-30-23)27-16-2-4-17(5-3-16)32-8-6-26-7-9-32/h2-5,15,18-19,26H,6-14H2,1H3,(H2,25,35)(H,27,28,30). The number of nitrogens with two attached hydrogens (primary N) is 1. The number of primary amides is 1. The van der Waals surface area contributed by atoms with Gasteiger partial charge in [-0.1, -0.05) is 0 Å². The number of anilines is 4. The fourth-order valence-electron chi connectivity index (χ4n) is 6.04. The summed E-state index contributed by atoms with van der Waals surface area (Å²) in [5.41, 5.74) is 7.53. The zero-order valence-corrected chi connectivity index (χ0v) is 20.4. The first-order chi connectivity index (χ1) is 17.5. The molecule has 3 amide bonds. The van der Waals surface area contributed by atoms with Crippen molar-refractivity contribution in [3.8, 4) is 0 Å². The van der Waals surface area contributed by atoms with Crippen molar-refractivity contribution in [3.05, 3.63) is 30.0 Å². The van der Waals surface area contributed by atoms with E-state index in [0.29, 0.717) is 17.7 Å². The maximum absolute atomic E-state index is 12.6. The highest BCUT2D eigenvalue weighted by Crippen LogP contribution is 2.42. The molecule has 4 heterocycles. The lowest BCUT2D eigenvalue weighted by Crippen LogP contribution is -2.52. The summed E-state index contributed by atoms with van der Waals surface area (Å²) in [6.45, 7) is 6.19. The molecule has 3 unspecified atom stereocenters. The zero-order chi connectivity index (χ0) is 24.8. The molecule has 190 valence electrons. The van der Waals surface area contributed by atoms with E-state index in [1.807, 2.05) is 24.1 Å². The van der Waals surface area contributed by atoms with Crippen molar-refractivity contribution in [1.82, 2.24) is 30.3 Å². The Morgan fingerprint density at radius 2 is 1.75 bits per heavy atom. The summed E-state index contributed by atoms with van der Waals surface area (Å²) in [4.78, 5) is 37.7. The Morgan fingerprint density at radius 1 is 1.03 bits per heavy atom. The summed E-state index contributed by atoms with van der Waals surface area (Å²) in [6.07, 6.45) is 1.99. The highest BCUT2D eigenvalue weighted by molar-refractivity contribution is 5.96. The third kappa shape index (κ3) is 4.04. The topological polar surface area (TPSA) is 136 Å². The number of rotatable bonds is 6. The number of likely N-dealkylation sites (N-methyl/N-ethyl adjacent to an activating group) is 1. The molecule has 3 atom stereocenters. The second-order valence-electron chi connectivity index (χ2n) is 10.1. The molecule has 12 heteroatoms. The number of amides is 3. The minimum Gasteiger partial charge on any atom is -0.369 e. The first kappa shape index (κ1) is 22.8. The van der Waals surface area contributed by atoms with Crippen LogP contribution in [0.5, 0.6) is 0 Å². The van der Waals surface area contributed by atoms with Gasteiger partial charge < -0.3 is 36.0 Å². The third-order valence-electron chi connectivity index (χ3n) is 7.88. The van der Waals surface area contributed by atoms with Crippen molar-refractivity contribution in [2.75, 3.05) is 68.0 Å². The lowest BCUT2D eigenvalue weighted by molar-refractivity contribution is 0.0995. The number of piperazine rings is 1. The summed E-state index contributed by atoms with van der Waals surface area (Å²) in [7, 11) is 1.84. The Hall–Kier alpha value is -3.67. The average molecular weight is 493 g/mol. The van der Waals surface area contributed by atoms with E-state index in [4.69, 9.17) is 10.7 Å². The van der Waals surface area contributed by atoms with E-state index >= 15 is 0 Å². The van der Waals surface area contributed by atoms with Crippen LogP contribution >= 0.6 is 0 Å². The van der Waals surface area contributed by atoms with Gasteiger partial charge in [0.25, 0.3) is 5.91 Å². The summed E-state index contributed by atoms with van der Waals surface area (Å²) in [5.74, 6) is 0.538. The molecular weight excluding hydrogens is 460 g/mol. The number of hydrogen-bond acceptors (Lipinski definition) is 9. The van der Waals surface area contributed by atoms with Crippen molar-refractivity contribution in [2.45, 2.75) is 24.9 Å². The second kappa shape index (κ2) is 9.08. The van der Waals surface area contributed by atoms with Crippen molar-refractivity contribution in [1.29, 1.82) is 0 Å². The zero-order valence-electron chi connectivity index (χ0n) is 20.4. The number of hydrogen-bond donors (Lipinski definition) is 3. The molecule has 3 aliphatic heterocycles. The van der Waals surface area contributed by atoms with Crippen LogP contribution in [0.2, 0.25) is 0 Å². The lowest BCUT2D eigenvalue weighted by atomic mass is 10.0. The number of piperidine rings is 1. The SMILES string of the molecule is CN1CCN(C2CC3CC2N(c2nnc(C(N)=O)c(Nc4ccc(N5CCNCC5)cc4)n2)C3)C1=O. The number of aromatic nitrogens is 3. The van der Waals surface area contributed by atoms with Crippen LogP contribution in [-0.2, 0) is 0 Å². The fraction of sp³-hybridized carbons (Fsp3) is 0.542. The smallest absolute Gasteiger partial charge is 0.320 e. The van der Waals surface area contributed by atoms with Crippen LogP contribution in [0, 0.1) is 5.92 Å². The Labute approximate surface area is 209 Å². The van der Waals surface area contributed by atoms with Gasteiger partial charge in [-0.2, -0.15) is 4.98 Å². The molecule has 12 nitrogen and oxygen atoms in total. The molecule has 3 saturated heterocycles. The predicted octanol–water partition coefficient (Wildman–Crippen LogP) is 0.458.